The normalized spacial score (nSPS) is 10.9. The molecule has 2 heterocycles. The second kappa shape index (κ2) is 4.31. The van der Waals surface area contributed by atoms with Crippen LogP contribution in [0.4, 0.5) is 20.3 Å². The molecule has 1 N–H and O–H groups in total. The van der Waals surface area contributed by atoms with E-state index in [2.05, 4.69) is 15.3 Å². The zero-order valence-corrected chi connectivity index (χ0v) is 10.1. The number of halogens is 2. The van der Waals surface area contributed by atoms with E-state index in [1.807, 2.05) is 13.2 Å². The van der Waals surface area contributed by atoms with Crippen LogP contribution in [0.3, 0.4) is 0 Å². The summed E-state index contributed by atoms with van der Waals surface area (Å²) < 4.78 is 29.0. The number of hydrogen-bond donors (Lipinski definition) is 1. The van der Waals surface area contributed by atoms with Crippen LogP contribution in [-0.2, 0) is 7.05 Å². The molecule has 0 fully saturated rings. The Bertz CT molecular complexity index is 731. The van der Waals surface area contributed by atoms with Crippen LogP contribution in [0.25, 0.3) is 11.0 Å². The fourth-order valence-electron chi connectivity index (χ4n) is 1.91. The predicted octanol–water partition coefficient (Wildman–Crippen LogP) is 2.99. The van der Waals surface area contributed by atoms with Crippen molar-refractivity contribution in [3.8, 4) is 0 Å². The van der Waals surface area contributed by atoms with Crippen molar-refractivity contribution < 1.29 is 8.78 Å². The van der Waals surface area contributed by atoms with Crippen molar-refractivity contribution in [1.29, 1.82) is 0 Å². The first-order valence-electron chi connectivity index (χ1n) is 5.64. The second-order valence-corrected chi connectivity index (χ2v) is 4.11. The number of anilines is 2. The molecular formula is C13H10F2N4. The fourth-order valence-corrected chi connectivity index (χ4v) is 1.91. The van der Waals surface area contributed by atoms with Crippen molar-refractivity contribution in [2.24, 2.45) is 7.05 Å². The number of aryl methyl sites for hydroxylation is 1. The van der Waals surface area contributed by atoms with Crippen LogP contribution in [-0.4, -0.2) is 14.5 Å². The first-order valence-corrected chi connectivity index (χ1v) is 5.64. The molecule has 0 aliphatic heterocycles. The molecule has 2 aromatic heterocycles. The summed E-state index contributed by atoms with van der Waals surface area (Å²) in [6, 6.07) is 5.48. The lowest BCUT2D eigenvalue weighted by molar-refractivity contribution is 0.590. The van der Waals surface area contributed by atoms with Gasteiger partial charge in [-0.05, 0) is 18.2 Å². The highest BCUT2D eigenvalue weighted by Crippen LogP contribution is 2.26. The lowest BCUT2D eigenvalue weighted by atomic mass is 10.2. The van der Waals surface area contributed by atoms with Gasteiger partial charge in [0.2, 0.25) is 0 Å². The Morgan fingerprint density at radius 1 is 1.11 bits per heavy atom. The first-order chi connectivity index (χ1) is 9.16. The van der Waals surface area contributed by atoms with Gasteiger partial charge in [0.25, 0.3) is 0 Å². The zero-order chi connectivity index (χ0) is 13.4. The van der Waals surface area contributed by atoms with E-state index < -0.39 is 11.6 Å². The molecule has 1 aromatic carbocycles. The molecule has 3 aromatic rings. The third kappa shape index (κ3) is 1.91. The molecule has 0 aliphatic carbocycles. The van der Waals surface area contributed by atoms with Gasteiger partial charge in [0.05, 0.1) is 5.39 Å². The lowest BCUT2D eigenvalue weighted by Gasteiger charge is -2.08. The molecule has 19 heavy (non-hydrogen) atoms. The molecule has 0 aliphatic rings. The molecule has 0 saturated carbocycles. The Morgan fingerprint density at radius 2 is 1.84 bits per heavy atom. The monoisotopic (exact) mass is 260 g/mol. The van der Waals surface area contributed by atoms with Gasteiger partial charge in [-0.15, -0.1) is 0 Å². The smallest absolute Gasteiger partial charge is 0.149 e. The first kappa shape index (κ1) is 11.6. The number of benzene rings is 1. The molecule has 0 radical (unpaired) electrons. The number of nitrogens with one attached hydrogen (secondary N) is 1. The number of nitrogens with zero attached hydrogens (tertiary/aromatic N) is 3. The minimum Gasteiger partial charge on any atom is -0.335 e. The van der Waals surface area contributed by atoms with E-state index in [1.54, 1.807) is 10.6 Å². The highest BCUT2D eigenvalue weighted by Gasteiger charge is 2.12. The topological polar surface area (TPSA) is 42.7 Å². The molecule has 0 atom stereocenters. The van der Waals surface area contributed by atoms with E-state index in [1.165, 1.54) is 24.5 Å². The predicted molar refractivity (Wildman–Crippen MR) is 68.1 cm³/mol. The van der Waals surface area contributed by atoms with E-state index in [0.717, 1.165) is 0 Å². The summed E-state index contributed by atoms with van der Waals surface area (Å²) in [5, 5.41) is 3.38. The molecule has 6 heteroatoms. The van der Waals surface area contributed by atoms with Crippen molar-refractivity contribution in [1.82, 2.24) is 14.5 Å². The standard InChI is InChI=1S/C13H10F2N4/c1-19-6-5-8-12(16-7-17-13(8)19)18-11-9(14)3-2-4-10(11)15/h2-7H,1H3,(H,16,17,18). The van der Waals surface area contributed by atoms with Gasteiger partial charge in [-0.1, -0.05) is 6.07 Å². The second-order valence-electron chi connectivity index (χ2n) is 4.11. The van der Waals surface area contributed by atoms with Gasteiger partial charge in [0.1, 0.15) is 35.1 Å². The fraction of sp³-hybridized carbons (Fsp3) is 0.0769. The van der Waals surface area contributed by atoms with E-state index in [4.69, 9.17) is 0 Å². The highest BCUT2D eigenvalue weighted by molar-refractivity contribution is 5.89. The van der Waals surface area contributed by atoms with Gasteiger partial charge in [-0.2, -0.15) is 0 Å². The van der Waals surface area contributed by atoms with Gasteiger partial charge >= 0.3 is 0 Å². The van der Waals surface area contributed by atoms with Crippen molar-refractivity contribution in [3.63, 3.8) is 0 Å². The summed E-state index contributed by atoms with van der Waals surface area (Å²) in [4.78, 5) is 8.14. The van der Waals surface area contributed by atoms with Gasteiger partial charge in [0.15, 0.2) is 0 Å². The molecule has 3 rings (SSSR count). The minimum atomic E-state index is -0.664. The zero-order valence-electron chi connectivity index (χ0n) is 10.1. The van der Waals surface area contributed by atoms with Crippen LogP contribution in [0, 0.1) is 11.6 Å². The molecule has 0 unspecified atom stereocenters. The van der Waals surface area contributed by atoms with Crippen molar-refractivity contribution in [2.45, 2.75) is 0 Å². The Labute approximate surface area is 107 Å². The third-order valence-electron chi connectivity index (χ3n) is 2.87. The van der Waals surface area contributed by atoms with Gasteiger partial charge in [-0.25, -0.2) is 18.7 Å². The van der Waals surface area contributed by atoms with Crippen molar-refractivity contribution in [2.75, 3.05) is 5.32 Å². The Balaban J connectivity index is 2.11. The lowest BCUT2D eigenvalue weighted by Crippen LogP contribution is -2.00. The molecule has 0 amide bonds. The molecule has 0 spiro atoms. The number of fused-ring (bicyclic) bond motifs is 1. The van der Waals surface area contributed by atoms with Crippen molar-refractivity contribution in [3.05, 3.63) is 48.4 Å². The average Bonchev–Trinajstić information content (AvgIpc) is 2.77. The quantitative estimate of drug-likeness (QED) is 0.770. The Morgan fingerprint density at radius 3 is 2.58 bits per heavy atom. The van der Waals surface area contributed by atoms with Crippen LogP contribution >= 0.6 is 0 Å². The molecule has 96 valence electrons. The van der Waals surface area contributed by atoms with E-state index in [-0.39, 0.29) is 5.69 Å². The van der Waals surface area contributed by atoms with E-state index in [0.29, 0.717) is 16.9 Å². The molecule has 0 bridgehead atoms. The number of para-hydroxylation sites is 1. The van der Waals surface area contributed by atoms with Gasteiger partial charge < -0.3 is 9.88 Å². The maximum absolute atomic E-state index is 13.6. The molecule has 0 saturated heterocycles. The maximum atomic E-state index is 13.6. The number of aromatic nitrogens is 3. The van der Waals surface area contributed by atoms with Crippen LogP contribution < -0.4 is 5.32 Å². The van der Waals surface area contributed by atoms with E-state index >= 15 is 0 Å². The highest BCUT2D eigenvalue weighted by atomic mass is 19.1. The third-order valence-corrected chi connectivity index (χ3v) is 2.87. The maximum Gasteiger partial charge on any atom is 0.149 e. The summed E-state index contributed by atoms with van der Waals surface area (Å²) >= 11 is 0. The van der Waals surface area contributed by atoms with Crippen LogP contribution in [0.1, 0.15) is 0 Å². The summed E-state index contributed by atoms with van der Waals surface area (Å²) in [7, 11) is 1.84. The number of rotatable bonds is 2. The Kier molecular flexibility index (Phi) is 2.63. The van der Waals surface area contributed by atoms with Crippen LogP contribution in [0.15, 0.2) is 36.8 Å². The summed E-state index contributed by atoms with van der Waals surface area (Å²) in [6.07, 6.45) is 3.16. The molecular weight excluding hydrogens is 250 g/mol. The Hall–Kier alpha value is -2.50. The average molecular weight is 260 g/mol. The summed E-state index contributed by atoms with van der Waals surface area (Å²) in [5.41, 5.74) is 0.473. The molecule has 4 nitrogen and oxygen atoms in total. The van der Waals surface area contributed by atoms with Crippen LogP contribution in [0.2, 0.25) is 0 Å². The van der Waals surface area contributed by atoms with Crippen LogP contribution in [0.5, 0.6) is 0 Å². The van der Waals surface area contributed by atoms with Gasteiger partial charge in [0, 0.05) is 13.2 Å². The summed E-state index contributed by atoms with van der Waals surface area (Å²) in [5.74, 6) is -0.958. The number of hydrogen-bond acceptors (Lipinski definition) is 3. The van der Waals surface area contributed by atoms with E-state index in [9.17, 15) is 8.78 Å². The van der Waals surface area contributed by atoms with Gasteiger partial charge in [-0.3, -0.25) is 0 Å². The minimum absolute atomic E-state index is 0.216. The summed E-state index contributed by atoms with van der Waals surface area (Å²) in [6.45, 7) is 0. The largest absolute Gasteiger partial charge is 0.335 e. The SMILES string of the molecule is Cn1ccc2c(Nc3c(F)cccc3F)ncnc21. The van der Waals surface area contributed by atoms with Crippen molar-refractivity contribution >= 4 is 22.5 Å².